The minimum atomic E-state index is -1.05. The van der Waals surface area contributed by atoms with Crippen LogP contribution in [0.15, 0.2) is 24.3 Å². The molecule has 1 unspecified atom stereocenters. The van der Waals surface area contributed by atoms with Crippen LogP contribution in [0.5, 0.6) is 0 Å². The molecule has 0 saturated carbocycles. The van der Waals surface area contributed by atoms with Crippen LogP contribution in [0.2, 0.25) is 0 Å². The number of aldehydes is 1. The van der Waals surface area contributed by atoms with Gasteiger partial charge < -0.3 is 14.8 Å². The number of carboxylic acid groups (broad SMARTS) is 1. The lowest BCUT2D eigenvalue weighted by Gasteiger charge is -2.20. The third-order valence-electron chi connectivity index (χ3n) is 2.54. The fourth-order valence-corrected chi connectivity index (χ4v) is 1.58. The van der Waals surface area contributed by atoms with Crippen molar-refractivity contribution < 1.29 is 19.1 Å². The molecule has 0 spiro atoms. The van der Waals surface area contributed by atoms with Gasteiger partial charge in [0.1, 0.15) is 12.1 Å². The van der Waals surface area contributed by atoms with Gasteiger partial charge in [-0.1, -0.05) is 12.1 Å². The van der Waals surface area contributed by atoms with Crippen molar-refractivity contribution in [2.45, 2.75) is 12.3 Å². The molecule has 92 valence electrons. The molecule has 1 atom stereocenters. The van der Waals surface area contributed by atoms with Crippen molar-refractivity contribution in [3.05, 3.63) is 35.6 Å². The molecule has 0 heterocycles. The summed E-state index contributed by atoms with van der Waals surface area (Å²) in [6.07, 6.45) is -0.101. The van der Waals surface area contributed by atoms with Gasteiger partial charge in [-0.05, 0) is 17.7 Å². The van der Waals surface area contributed by atoms with Crippen molar-refractivity contribution in [3.63, 3.8) is 0 Å². The molecule has 0 fully saturated rings. The number of carbonyl (C=O) groups excluding carboxylic acids is 1. The molecule has 1 N–H and O–H groups in total. The minimum Gasteiger partial charge on any atom is -0.465 e. The molecule has 0 saturated heterocycles. The van der Waals surface area contributed by atoms with Crippen molar-refractivity contribution in [1.29, 1.82) is 0 Å². The van der Waals surface area contributed by atoms with E-state index >= 15 is 0 Å². The van der Waals surface area contributed by atoms with Crippen molar-refractivity contribution in [3.8, 4) is 0 Å². The Balaban J connectivity index is 2.81. The highest BCUT2D eigenvalue weighted by Gasteiger charge is 2.16. The second-order valence-corrected chi connectivity index (χ2v) is 3.81. The molecule has 0 bridgehead atoms. The Hall–Kier alpha value is -1.91. The van der Waals surface area contributed by atoms with Gasteiger partial charge in [0.25, 0.3) is 0 Å². The Kier molecular flexibility index (Phi) is 4.63. The zero-order valence-electron chi connectivity index (χ0n) is 9.47. The van der Waals surface area contributed by atoms with E-state index in [0.717, 1.165) is 16.7 Å². The summed E-state index contributed by atoms with van der Waals surface area (Å²) >= 11 is 0. The monoisotopic (exact) mass is 239 g/mol. The number of nitrogens with zero attached hydrogens (tertiary/aromatic N) is 1. The molecule has 4 nitrogen and oxygen atoms in total. The molecular weight excluding hydrogens is 225 g/mol. The number of rotatable bonds is 5. The van der Waals surface area contributed by atoms with Crippen LogP contribution in [0, 0.1) is 5.82 Å². The summed E-state index contributed by atoms with van der Waals surface area (Å²) in [6.45, 7) is 0.208. The summed E-state index contributed by atoms with van der Waals surface area (Å²) in [5.41, 5.74) is 0.756. The molecule has 1 amide bonds. The molecule has 1 aromatic carbocycles. The number of hydrogen-bond acceptors (Lipinski definition) is 2. The average molecular weight is 239 g/mol. The Morgan fingerprint density at radius 1 is 1.47 bits per heavy atom. The first-order valence-electron chi connectivity index (χ1n) is 5.17. The molecule has 1 aromatic rings. The summed E-state index contributed by atoms with van der Waals surface area (Å²) in [6, 6.07) is 5.74. The molecule has 17 heavy (non-hydrogen) atoms. The van der Waals surface area contributed by atoms with Crippen molar-refractivity contribution >= 4 is 12.4 Å². The lowest BCUT2D eigenvalue weighted by atomic mass is 9.96. The lowest BCUT2D eigenvalue weighted by molar-refractivity contribution is -0.108. The van der Waals surface area contributed by atoms with Crippen molar-refractivity contribution in [2.24, 2.45) is 0 Å². The highest BCUT2D eigenvalue weighted by molar-refractivity contribution is 5.64. The Bertz CT molecular complexity index is 391. The van der Waals surface area contributed by atoms with Gasteiger partial charge >= 0.3 is 6.09 Å². The van der Waals surface area contributed by atoms with Crippen LogP contribution in [0.25, 0.3) is 0 Å². The predicted octanol–water partition coefficient (Wildman–Crippen LogP) is 2.11. The zero-order valence-corrected chi connectivity index (χ0v) is 9.47. The molecule has 1 rings (SSSR count). The van der Waals surface area contributed by atoms with Crippen molar-refractivity contribution in [1.82, 2.24) is 4.90 Å². The molecular formula is C12H14FNO3. The number of benzene rings is 1. The lowest BCUT2D eigenvalue weighted by Crippen LogP contribution is -2.29. The van der Waals surface area contributed by atoms with E-state index in [9.17, 15) is 14.0 Å². The third-order valence-corrected chi connectivity index (χ3v) is 2.54. The third kappa shape index (κ3) is 3.86. The quantitative estimate of drug-likeness (QED) is 0.800. The first-order chi connectivity index (χ1) is 8.04. The van der Waals surface area contributed by atoms with Gasteiger partial charge in [0.05, 0.1) is 0 Å². The number of halogens is 1. The number of hydrogen-bond donors (Lipinski definition) is 1. The van der Waals surface area contributed by atoms with Gasteiger partial charge in [-0.2, -0.15) is 0 Å². The second-order valence-electron chi connectivity index (χ2n) is 3.81. The van der Waals surface area contributed by atoms with E-state index in [2.05, 4.69) is 0 Å². The minimum absolute atomic E-state index is 0.208. The molecule has 5 heteroatoms. The summed E-state index contributed by atoms with van der Waals surface area (Å²) < 4.78 is 12.8. The first-order valence-corrected chi connectivity index (χ1v) is 5.17. The summed E-state index contributed by atoms with van der Waals surface area (Å²) in [4.78, 5) is 22.4. The largest absolute Gasteiger partial charge is 0.465 e. The highest BCUT2D eigenvalue weighted by Crippen LogP contribution is 2.20. The normalized spacial score (nSPS) is 11.9. The van der Waals surface area contributed by atoms with E-state index in [1.54, 1.807) is 12.1 Å². The van der Waals surface area contributed by atoms with Gasteiger partial charge in [-0.15, -0.1) is 0 Å². The topological polar surface area (TPSA) is 57.6 Å². The van der Waals surface area contributed by atoms with E-state index < -0.39 is 6.09 Å². The van der Waals surface area contributed by atoms with Gasteiger partial charge in [0, 0.05) is 25.9 Å². The maximum absolute atomic E-state index is 12.8. The fraction of sp³-hybridized carbons (Fsp3) is 0.333. The van der Waals surface area contributed by atoms with Crippen LogP contribution in [0.1, 0.15) is 17.9 Å². The highest BCUT2D eigenvalue weighted by atomic mass is 19.1. The summed E-state index contributed by atoms with van der Waals surface area (Å²) in [7, 11) is 1.43. The molecule has 0 aliphatic carbocycles. The van der Waals surface area contributed by atoms with Gasteiger partial charge in [0.2, 0.25) is 0 Å². The maximum atomic E-state index is 12.8. The summed E-state index contributed by atoms with van der Waals surface area (Å²) in [5, 5.41) is 8.77. The smallest absolute Gasteiger partial charge is 0.407 e. The average Bonchev–Trinajstić information content (AvgIpc) is 2.29. The Labute approximate surface area is 98.7 Å². The number of likely N-dealkylation sites (N-methyl/N-ethyl adjacent to an activating group) is 1. The van der Waals surface area contributed by atoms with E-state index in [0.29, 0.717) is 0 Å². The van der Waals surface area contributed by atoms with E-state index in [1.165, 1.54) is 19.2 Å². The number of carbonyl (C=O) groups is 2. The van der Waals surface area contributed by atoms with Crippen LogP contribution < -0.4 is 0 Å². The van der Waals surface area contributed by atoms with E-state index in [4.69, 9.17) is 5.11 Å². The molecule has 0 aromatic heterocycles. The SMILES string of the molecule is CN(CC(CC=O)c1ccc(F)cc1)C(=O)O. The van der Waals surface area contributed by atoms with Crippen LogP contribution in [0.4, 0.5) is 9.18 Å². The van der Waals surface area contributed by atoms with Crippen LogP contribution in [-0.2, 0) is 4.79 Å². The van der Waals surface area contributed by atoms with E-state index in [-0.39, 0.29) is 24.7 Å². The zero-order chi connectivity index (χ0) is 12.8. The predicted molar refractivity (Wildman–Crippen MR) is 60.5 cm³/mol. The Morgan fingerprint density at radius 2 is 2.06 bits per heavy atom. The second kappa shape index (κ2) is 5.98. The van der Waals surface area contributed by atoms with Crippen LogP contribution in [0.3, 0.4) is 0 Å². The Morgan fingerprint density at radius 3 is 2.53 bits per heavy atom. The van der Waals surface area contributed by atoms with Gasteiger partial charge in [0.15, 0.2) is 0 Å². The first kappa shape index (κ1) is 13.2. The van der Waals surface area contributed by atoms with Crippen LogP contribution in [-0.4, -0.2) is 36.0 Å². The maximum Gasteiger partial charge on any atom is 0.407 e. The number of amides is 1. The molecule has 0 aliphatic heterocycles. The summed E-state index contributed by atoms with van der Waals surface area (Å²) in [5.74, 6) is -0.598. The van der Waals surface area contributed by atoms with Crippen molar-refractivity contribution in [2.75, 3.05) is 13.6 Å². The standard InChI is InChI=1S/C12H14FNO3/c1-14(12(16)17)8-10(6-7-15)9-2-4-11(13)5-3-9/h2-5,7,10H,6,8H2,1H3,(H,16,17). The van der Waals surface area contributed by atoms with Gasteiger partial charge in [-0.25, -0.2) is 9.18 Å². The van der Waals surface area contributed by atoms with E-state index in [1.807, 2.05) is 0 Å². The fourth-order valence-electron chi connectivity index (χ4n) is 1.58. The molecule has 0 aliphatic rings. The van der Waals surface area contributed by atoms with Crippen LogP contribution >= 0.6 is 0 Å². The molecule has 0 radical (unpaired) electrons. The van der Waals surface area contributed by atoms with Gasteiger partial charge in [-0.3, -0.25) is 0 Å².